The minimum atomic E-state index is -3.21. The summed E-state index contributed by atoms with van der Waals surface area (Å²) in [5.74, 6) is -0.262. The van der Waals surface area contributed by atoms with Crippen molar-refractivity contribution in [3.05, 3.63) is 77.6 Å². The van der Waals surface area contributed by atoms with Crippen LogP contribution in [0.4, 0.5) is 4.39 Å². The van der Waals surface area contributed by atoms with Gasteiger partial charge in [0.05, 0.1) is 4.90 Å². The molecule has 0 atom stereocenters. The lowest BCUT2D eigenvalue weighted by atomic mass is 9.81. The van der Waals surface area contributed by atoms with Crippen LogP contribution in [0.5, 0.6) is 0 Å². The Labute approximate surface area is 142 Å². The Bertz CT molecular complexity index is 932. The summed E-state index contributed by atoms with van der Waals surface area (Å²) in [5, 5.41) is 0. The average molecular weight is 342 g/mol. The van der Waals surface area contributed by atoms with E-state index in [0.29, 0.717) is 4.90 Å². The minimum absolute atomic E-state index is 0.178. The summed E-state index contributed by atoms with van der Waals surface area (Å²) in [6.45, 7) is 4.22. The molecule has 0 aromatic heterocycles. The monoisotopic (exact) mass is 342 g/mol. The molecule has 2 aromatic rings. The number of sulfone groups is 1. The molecule has 124 valence electrons. The van der Waals surface area contributed by atoms with Crippen LogP contribution in [0.15, 0.2) is 65.6 Å². The van der Waals surface area contributed by atoms with Crippen LogP contribution in [0.2, 0.25) is 0 Å². The molecule has 2 aromatic carbocycles. The first-order valence-electron chi connectivity index (χ1n) is 7.69. The molecule has 2 nitrogen and oxygen atoms in total. The Balaban J connectivity index is 2.14. The highest BCUT2D eigenvalue weighted by Crippen LogP contribution is 2.46. The summed E-state index contributed by atoms with van der Waals surface area (Å²) in [6.07, 6.45) is 5.36. The topological polar surface area (TPSA) is 34.1 Å². The lowest BCUT2D eigenvalue weighted by Crippen LogP contribution is -2.08. The summed E-state index contributed by atoms with van der Waals surface area (Å²) < 4.78 is 36.5. The molecule has 0 saturated carbocycles. The second-order valence-corrected chi connectivity index (χ2v) is 8.66. The van der Waals surface area contributed by atoms with E-state index in [1.165, 1.54) is 18.4 Å². The normalized spacial score (nSPS) is 16.7. The fourth-order valence-corrected chi connectivity index (χ4v) is 3.70. The van der Waals surface area contributed by atoms with Crippen LogP contribution >= 0.6 is 0 Å². The van der Waals surface area contributed by atoms with Gasteiger partial charge in [0.15, 0.2) is 9.84 Å². The highest BCUT2D eigenvalue weighted by Gasteiger charge is 2.29. The van der Waals surface area contributed by atoms with Crippen molar-refractivity contribution < 1.29 is 12.8 Å². The second kappa shape index (κ2) is 5.71. The van der Waals surface area contributed by atoms with Crippen molar-refractivity contribution in [1.29, 1.82) is 0 Å². The number of halogens is 1. The van der Waals surface area contributed by atoms with Crippen LogP contribution in [-0.2, 0) is 9.84 Å². The molecule has 0 unspecified atom stereocenters. The van der Waals surface area contributed by atoms with E-state index in [2.05, 4.69) is 19.9 Å². The van der Waals surface area contributed by atoms with Crippen LogP contribution in [0, 0.1) is 11.2 Å². The average Bonchev–Trinajstić information content (AvgIpc) is 2.83. The van der Waals surface area contributed by atoms with Crippen LogP contribution in [0.1, 0.15) is 25.0 Å². The van der Waals surface area contributed by atoms with Gasteiger partial charge in [-0.15, -0.1) is 0 Å². The molecule has 0 N–H and O–H groups in total. The molecule has 0 heterocycles. The zero-order chi connectivity index (χ0) is 17.5. The Kier molecular flexibility index (Phi) is 3.96. The van der Waals surface area contributed by atoms with Gasteiger partial charge in [0.2, 0.25) is 0 Å². The SMILES string of the molecule is CC1(C)C=CC(c2ccc(S(C)(=O)=O)cc2)=C1c1ccc(F)cc1. The first-order valence-corrected chi connectivity index (χ1v) is 9.58. The number of hydrogen-bond acceptors (Lipinski definition) is 2. The summed E-state index contributed by atoms with van der Waals surface area (Å²) in [5.41, 5.74) is 3.88. The maximum absolute atomic E-state index is 13.3. The molecule has 1 aliphatic carbocycles. The predicted octanol–water partition coefficient (Wildman–Crippen LogP) is 4.74. The smallest absolute Gasteiger partial charge is 0.175 e. The van der Waals surface area contributed by atoms with Gasteiger partial charge in [-0.1, -0.05) is 50.3 Å². The third-order valence-electron chi connectivity index (χ3n) is 4.31. The summed E-state index contributed by atoms with van der Waals surface area (Å²) in [7, 11) is -3.21. The first-order chi connectivity index (χ1) is 11.2. The molecule has 4 heteroatoms. The molecule has 0 amide bonds. The van der Waals surface area contributed by atoms with Crippen molar-refractivity contribution >= 4 is 21.0 Å². The number of hydrogen-bond donors (Lipinski definition) is 0. The Morgan fingerprint density at radius 1 is 0.875 bits per heavy atom. The fourth-order valence-electron chi connectivity index (χ4n) is 3.07. The van der Waals surface area contributed by atoms with E-state index in [-0.39, 0.29) is 11.2 Å². The van der Waals surface area contributed by atoms with Gasteiger partial charge < -0.3 is 0 Å². The predicted molar refractivity (Wildman–Crippen MR) is 95.7 cm³/mol. The van der Waals surface area contributed by atoms with Gasteiger partial charge in [0, 0.05) is 11.7 Å². The Morgan fingerprint density at radius 3 is 1.96 bits per heavy atom. The van der Waals surface area contributed by atoms with Crippen molar-refractivity contribution in [1.82, 2.24) is 0 Å². The highest BCUT2D eigenvalue weighted by molar-refractivity contribution is 7.90. The molecule has 0 bridgehead atoms. The van der Waals surface area contributed by atoms with Gasteiger partial charge in [0.25, 0.3) is 0 Å². The van der Waals surface area contributed by atoms with E-state index in [1.54, 1.807) is 24.3 Å². The molecular formula is C20H19FO2S. The molecule has 3 rings (SSSR count). The third-order valence-corrected chi connectivity index (χ3v) is 5.44. The molecule has 1 aliphatic rings. The van der Waals surface area contributed by atoms with Crippen molar-refractivity contribution in [2.75, 3.05) is 6.26 Å². The van der Waals surface area contributed by atoms with E-state index in [4.69, 9.17) is 0 Å². The number of rotatable bonds is 3. The van der Waals surface area contributed by atoms with Crippen molar-refractivity contribution in [2.24, 2.45) is 5.41 Å². The molecule has 0 saturated heterocycles. The summed E-state index contributed by atoms with van der Waals surface area (Å²) >= 11 is 0. The van der Waals surface area contributed by atoms with Gasteiger partial charge in [0.1, 0.15) is 5.82 Å². The molecular weight excluding hydrogens is 323 g/mol. The quantitative estimate of drug-likeness (QED) is 0.808. The maximum Gasteiger partial charge on any atom is 0.175 e. The number of benzene rings is 2. The van der Waals surface area contributed by atoms with Crippen LogP contribution in [-0.4, -0.2) is 14.7 Å². The summed E-state index contributed by atoms with van der Waals surface area (Å²) in [4.78, 5) is 0.302. The van der Waals surface area contributed by atoms with Crippen LogP contribution in [0.25, 0.3) is 11.1 Å². The highest BCUT2D eigenvalue weighted by atomic mass is 32.2. The first kappa shape index (κ1) is 16.7. The largest absolute Gasteiger partial charge is 0.224 e. The van der Waals surface area contributed by atoms with Crippen LogP contribution in [0.3, 0.4) is 0 Å². The molecule has 0 fully saturated rings. The van der Waals surface area contributed by atoms with E-state index in [9.17, 15) is 12.8 Å². The number of allylic oxidation sites excluding steroid dienone is 4. The lowest BCUT2D eigenvalue weighted by molar-refractivity contribution is 0.602. The minimum Gasteiger partial charge on any atom is -0.224 e. The van der Waals surface area contributed by atoms with Gasteiger partial charge in [-0.25, -0.2) is 12.8 Å². The molecule has 0 radical (unpaired) electrons. The van der Waals surface area contributed by atoms with Crippen LogP contribution < -0.4 is 0 Å². The zero-order valence-corrected chi connectivity index (χ0v) is 14.7. The van der Waals surface area contributed by atoms with Gasteiger partial charge in [-0.05, 0) is 46.5 Å². The van der Waals surface area contributed by atoms with E-state index < -0.39 is 9.84 Å². The van der Waals surface area contributed by atoms with Crippen molar-refractivity contribution in [2.45, 2.75) is 18.7 Å². The molecule has 24 heavy (non-hydrogen) atoms. The van der Waals surface area contributed by atoms with E-state index >= 15 is 0 Å². The third kappa shape index (κ3) is 3.06. The van der Waals surface area contributed by atoms with E-state index in [0.717, 1.165) is 22.3 Å². The van der Waals surface area contributed by atoms with Gasteiger partial charge in [-0.3, -0.25) is 0 Å². The molecule has 0 aliphatic heterocycles. The fraction of sp³-hybridized carbons (Fsp3) is 0.200. The molecule has 0 spiro atoms. The standard InChI is InChI=1S/C20H19FO2S/c1-20(2)13-12-18(19(20)15-4-8-16(21)9-5-15)14-6-10-17(11-7-14)24(3,22)23/h4-13H,1-3H3. The zero-order valence-electron chi connectivity index (χ0n) is 13.9. The van der Waals surface area contributed by atoms with Gasteiger partial charge in [-0.2, -0.15) is 0 Å². The van der Waals surface area contributed by atoms with E-state index in [1.807, 2.05) is 18.2 Å². The lowest BCUT2D eigenvalue weighted by Gasteiger charge is -2.23. The second-order valence-electron chi connectivity index (χ2n) is 6.65. The van der Waals surface area contributed by atoms with Gasteiger partial charge >= 0.3 is 0 Å². The Hall–Kier alpha value is -2.20. The van der Waals surface area contributed by atoms with Crippen molar-refractivity contribution in [3.8, 4) is 0 Å². The summed E-state index contributed by atoms with van der Waals surface area (Å²) in [6, 6.07) is 13.4. The maximum atomic E-state index is 13.3. The Morgan fingerprint density at radius 2 is 1.42 bits per heavy atom. The van der Waals surface area contributed by atoms with Crippen molar-refractivity contribution in [3.63, 3.8) is 0 Å².